The zero-order valence-electron chi connectivity index (χ0n) is 15.5. The summed E-state index contributed by atoms with van der Waals surface area (Å²) in [5, 5.41) is 9.40. The fourth-order valence-corrected chi connectivity index (χ4v) is 3.58. The van der Waals surface area contributed by atoms with Crippen molar-refractivity contribution in [3.05, 3.63) is 41.7 Å². The first-order valence-electron chi connectivity index (χ1n) is 9.17. The first kappa shape index (κ1) is 17.5. The minimum absolute atomic E-state index is 0.0759. The number of likely N-dealkylation sites (N-methyl/N-ethyl adjacent to an activating group) is 1. The standard InChI is InChI=1S/C19H24N6O2/c1-12-4-3-5-13(8-12)9-21-17-16-18(23-10-22-17)25(11-24-16)15-7-6-14(27-15)19(26)20-2/h3-5,8,10,14-15,24H,6-7,9,11H2,1-2H3,(H,20,26)(H,21,22,23). The monoisotopic (exact) mass is 368 g/mol. The topological polar surface area (TPSA) is 91.4 Å². The van der Waals surface area contributed by atoms with Crippen LogP contribution in [0.1, 0.15) is 24.0 Å². The van der Waals surface area contributed by atoms with Gasteiger partial charge in [-0.1, -0.05) is 29.8 Å². The van der Waals surface area contributed by atoms with Gasteiger partial charge in [0, 0.05) is 13.6 Å². The first-order valence-corrected chi connectivity index (χ1v) is 9.17. The van der Waals surface area contributed by atoms with E-state index in [4.69, 9.17) is 4.74 Å². The predicted molar refractivity (Wildman–Crippen MR) is 103 cm³/mol. The molecule has 2 unspecified atom stereocenters. The maximum atomic E-state index is 11.8. The molecule has 1 saturated heterocycles. The van der Waals surface area contributed by atoms with Gasteiger partial charge in [-0.2, -0.15) is 0 Å². The van der Waals surface area contributed by atoms with Crippen LogP contribution in [0.4, 0.5) is 17.3 Å². The number of hydrogen-bond donors (Lipinski definition) is 3. The van der Waals surface area contributed by atoms with Gasteiger partial charge in [0.15, 0.2) is 11.6 Å². The Balaban J connectivity index is 1.47. The van der Waals surface area contributed by atoms with E-state index < -0.39 is 6.10 Å². The molecule has 0 radical (unpaired) electrons. The largest absolute Gasteiger partial charge is 0.364 e. The molecule has 0 saturated carbocycles. The number of carbonyl (C=O) groups excluding carboxylic acids is 1. The van der Waals surface area contributed by atoms with Crippen molar-refractivity contribution in [3.63, 3.8) is 0 Å². The molecule has 0 bridgehead atoms. The van der Waals surface area contributed by atoms with Crippen LogP contribution in [0, 0.1) is 6.92 Å². The van der Waals surface area contributed by atoms with Crippen molar-refractivity contribution in [2.45, 2.75) is 38.6 Å². The molecule has 1 amide bonds. The number of nitrogens with one attached hydrogen (secondary N) is 3. The zero-order chi connectivity index (χ0) is 18.8. The van der Waals surface area contributed by atoms with E-state index in [1.54, 1.807) is 13.4 Å². The lowest BCUT2D eigenvalue weighted by molar-refractivity contribution is -0.131. The summed E-state index contributed by atoms with van der Waals surface area (Å²) >= 11 is 0. The third-order valence-corrected chi connectivity index (χ3v) is 4.95. The molecule has 2 atom stereocenters. The molecule has 2 aliphatic rings. The Bertz CT molecular complexity index is 843. The molecule has 3 heterocycles. The summed E-state index contributed by atoms with van der Waals surface area (Å²) in [7, 11) is 1.63. The Morgan fingerprint density at radius 1 is 1.37 bits per heavy atom. The molecular formula is C19H24N6O2. The molecule has 1 fully saturated rings. The van der Waals surface area contributed by atoms with Gasteiger partial charge in [0.25, 0.3) is 0 Å². The Hall–Kier alpha value is -2.87. The molecule has 0 aliphatic carbocycles. The molecule has 1 aromatic carbocycles. The van der Waals surface area contributed by atoms with Crippen LogP contribution in [0.2, 0.25) is 0 Å². The summed E-state index contributed by atoms with van der Waals surface area (Å²) in [5.74, 6) is 1.50. The fourth-order valence-electron chi connectivity index (χ4n) is 3.58. The second-order valence-corrected chi connectivity index (χ2v) is 6.84. The van der Waals surface area contributed by atoms with E-state index in [1.165, 1.54) is 11.1 Å². The average molecular weight is 368 g/mol. The summed E-state index contributed by atoms with van der Waals surface area (Å²) in [4.78, 5) is 22.7. The average Bonchev–Trinajstić information content (AvgIpc) is 3.33. The van der Waals surface area contributed by atoms with Crippen LogP contribution in [-0.2, 0) is 16.1 Å². The maximum Gasteiger partial charge on any atom is 0.248 e. The number of rotatable bonds is 5. The van der Waals surface area contributed by atoms with Crippen LogP contribution in [-0.4, -0.2) is 41.9 Å². The number of amides is 1. The van der Waals surface area contributed by atoms with E-state index in [2.05, 4.69) is 62.0 Å². The molecule has 142 valence electrons. The van der Waals surface area contributed by atoms with Gasteiger partial charge in [-0.25, -0.2) is 9.97 Å². The smallest absolute Gasteiger partial charge is 0.248 e. The molecule has 2 aromatic rings. The van der Waals surface area contributed by atoms with E-state index in [0.717, 1.165) is 23.7 Å². The van der Waals surface area contributed by atoms with E-state index in [9.17, 15) is 4.79 Å². The van der Waals surface area contributed by atoms with Crippen molar-refractivity contribution in [1.82, 2.24) is 15.3 Å². The molecular weight excluding hydrogens is 344 g/mol. The zero-order valence-corrected chi connectivity index (χ0v) is 15.5. The van der Waals surface area contributed by atoms with Crippen molar-refractivity contribution in [2.75, 3.05) is 29.2 Å². The number of fused-ring (bicyclic) bond motifs is 1. The number of aromatic nitrogens is 2. The van der Waals surface area contributed by atoms with Crippen LogP contribution < -0.4 is 20.9 Å². The molecule has 2 aliphatic heterocycles. The summed E-state index contributed by atoms with van der Waals surface area (Å²) in [5.41, 5.74) is 3.30. The van der Waals surface area contributed by atoms with Gasteiger partial charge >= 0.3 is 0 Å². The number of benzene rings is 1. The molecule has 8 heteroatoms. The molecule has 4 rings (SSSR count). The van der Waals surface area contributed by atoms with E-state index in [0.29, 0.717) is 19.6 Å². The van der Waals surface area contributed by atoms with Gasteiger partial charge < -0.3 is 25.6 Å². The van der Waals surface area contributed by atoms with Gasteiger partial charge in [0.2, 0.25) is 5.91 Å². The number of aryl methyl sites for hydroxylation is 1. The molecule has 0 spiro atoms. The number of nitrogens with zero attached hydrogens (tertiary/aromatic N) is 3. The van der Waals surface area contributed by atoms with Gasteiger partial charge in [-0.05, 0) is 25.3 Å². The third-order valence-electron chi connectivity index (χ3n) is 4.95. The highest BCUT2D eigenvalue weighted by atomic mass is 16.5. The molecule has 3 N–H and O–H groups in total. The molecule has 8 nitrogen and oxygen atoms in total. The highest BCUT2D eigenvalue weighted by Gasteiger charge is 2.37. The summed E-state index contributed by atoms with van der Waals surface area (Å²) < 4.78 is 5.93. The second kappa shape index (κ2) is 7.40. The Kier molecular flexibility index (Phi) is 4.81. The Morgan fingerprint density at radius 3 is 3.07 bits per heavy atom. The van der Waals surface area contributed by atoms with Gasteiger partial charge in [0.05, 0.1) is 6.67 Å². The summed E-state index contributed by atoms with van der Waals surface area (Å²) in [6.45, 7) is 3.35. The normalized spacial score (nSPS) is 20.9. The predicted octanol–water partition coefficient (Wildman–Crippen LogP) is 1.84. The molecule has 27 heavy (non-hydrogen) atoms. The van der Waals surface area contributed by atoms with Crippen molar-refractivity contribution >= 4 is 23.2 Å². The van der Waals surface area contributed by atoms with Crippen molar-refractivity contribution < 1.29 is 9.53 Å². The van der Waals surface area contributed by atoms with Gasteiger partial charge in [0.1, 0.15) is 24.3 Å². The Morgan fingerprint density at radius 2 is 2.26 bits per heavy atom. The fraction of sp³-hybridized carbons (Fsp3) is 0.421. The molecule has 1 aromatic heterocycles. The number of ether oxygens (including phenoxy) is 1. The minimum atomic E-state index is -0.398. The summed E-state index contributed by atoms with van der Waals surface area (Å²) in [6, 6.07) is 8.38. The third kappa shape index (κ3) is 3.52. The van der Waals surface area contributed by atoms with Crippen LogP contribution in [0.15, 0.2) is 30.6 Å². The van der Waals surface area contributed by atoms with E-state index >= 15 is 0 Å². The number of carbonyl (C=O) groups is 1. The lowest BCUT2D eigenvalue weighted by Crippen LogP contribution is -2.38. The van der Waals surface area contributed by atoms with Gasteiger partial charge in [-0.15, -0.1) is 0 Å². The first-order chi connectivity index (χ1) is 13.2. The summed E-state index contributed by atoms with van der Waals surface area (Å²) in [6.07, 6.45) is 2.49. The highest BCUT2D eigenvalue weighted by Crippen LogP contribution is 2.38. The quantitative estimate of drug-likeness (QED) is 0.742. The number of anilines is 3. The highest BCUT2D eigenvalue weighted by molar-refractivity contribution is 5.82. The van der Waals surface area contributed by atoms with Crippen LogP contribution in [0.5, 0.6) is 0 Å². The Labute approximate surface area is 158 Å². The van der Waals surface area contributed by atoms with Crippen LogP contribution >= 0.6 is 0 Å². The van der Waals surface area contributed by atoms with Crippen molar-refractivity contribution in [2.24, 2.45) is 0 Å². The second-order valence-electron chi connectivity index (χ2n) is 6.84. The SMILES string of the molecule is CNC(=O)C1CCC(N2CNc3c(NCc4cccc(C)c4)ncnc32)O1. The minimum Gasteiger partial charge on any atom is -0.364 e. The lowest BCUT2D eigenvalue weighted by atomic mass is 10.1. The van der Waals surface area contributed by atoms with Crippen molar-refractivity contribution in [1.29, 1.82) is 0 Å². The van der Waals surface area contributed by atoms with E-state index in [-0.39, 0.29) is 12.1 Å². The lowest BCUT2D eigenvalue weighted by Gasteiger charge is -2.24. The van der Waals surface area contributed by atoms with Crippen molar-refractivity contribution in [3.8, 4) is 0 Å². The number of hydrogen-bond acceptors (Lipinski definition) is 7. The van der Waals surface area contributed by atoms with Crippen LogP contribution in [0.25, 0.3) is 0 Å². The maximum absolute atomic E-state index is 11.8. The van der Waals surface area contributed by atoms with E-state index in [1.807, 2.05) is 0 Å². The van der Waals surface area contributed by atoms with Gasteiger partial charge in [-0.3, -0.25) is 4.79 Å². The van der Waals surface area contributed by atoms with Crippen LogP contribution in [0.3, 0.4) is 0 Å².